The Labute approximate surface area is 115 Å². The average Bonchev–Trinajstić information content (AvgIpc) is 2.42. The number of aliphatic hydroxyl groups excluding tert-OH is 1. The highest BCUT2D eigenvalue weighted by Crippen LogP contribution is 2.22. The number of hydrogen-bond acceptors (Lipinski definition) is 5. The largest absolute Gasteiger partial charge is 0.497 e. The lowest BCUT2D eigenvalue weighted by molar-refractivity contribution is 0.0925. The second kappa shape index (κ2) is 5.75. The SMILES string of the molecule is COc1ccc2c(C(=O)NCC(C)O)cc(=O)oc2c1. The number of methoxy groups -OCH3 is 1. The molecule has 1 heterocycles. The number of ether oxygens (including phenoxy) is 1. The third-order valence-electron chi connectivity index (χ3n) is 2.75. The smallest absolute Gasteiger partial charge is 0.337 e. The summed E-state index contributed by atoms with van der Waals surface area (Å²) in [6.45, 7) is 1.67. The van der Waals surface area contributed by atoms with Crippen LogP contribution in [0.3, 0.4) is 0 Å². The summed E-state index contributed by atoms with van der Waals surface area (Å²) in [6.07, 6.45) is -0.662. The van der Waals surface area contributed by atoms with Crippen LogP contribution in [0.1, 0.15) is 17.3 Å². The van der Waals surface area contributed by atoms with Gasteiger partial charge in [-0.05, 0) is 19.1 Å². The van der Waals surface area contributed by atoms with Crippen molar-refractivity contribution in [2.75, 3.05) is 13.7 Å². The molecule has 6 nitrogen and oxygen atoms in total. The lowest BCUT2D eigenvalue weighted by Gasteiger charge is -2.09. The number of carbonyl (C=O) groups excluding carboxylic acids is 1. The lowest BCUT2D eigenvalue weighted by atomic mass is 10.1. The van der Waals surface area contributed by atoms with E-state index in [4.69, 9.17) is 9.15 Å². The molecular formula is C14H15NO5. The molecule has 2 rings (SSSR count). The van der Waals surface area contributed by atoms with Crippen molar-refractivity contribution in [2.45, 2.75) is 13.0 Å². The zero-order valence-corrected chi connectivity index (χ0v) is 11.2. The van der Waals surface area contributed by atoms with E-state index in [9.17, 15) is 14.7 Å². The van der Waals surface area contributed by atoms with Crippen molar-refractivity contribution >= 4 is 16.9 Å². The van der Waals surface area contributed by atoms with Crippen molar-refractivity contribution in [3.63, 3.8) is 0 Å². The summed E-state index contributed by atoms with van der Waals surface area (Å²) in [7, 11) is 1.50. The lowest BCUT2D eigenvalue weighted by Crippen LogP contribution is -2.31. The van der Waals surface area contributed by atoms with Crippen molar-refractivity contribution < 1.29 is 19.1 Å². The van der Waals surface area contributed by atoms with Crippen LogP contribution >= 0.6 is 0 Å². The minimum absolute atomic E-state index is 0.108. The summed E-state index contributed by atoms with van der Waals surface area (Å²) in [5.74, 6) is 0.0937. The quantitative estimate of drug-likeness (QED) is 0.811. The fourth-order valence-electron chi connectivity index (χ4n) is 1.79. The van der Waals surface area contributed by atoms with Gasteiger partial charge in [0.25, 0.3) is 5.91 Å². The molecule has 1 aromatic heterocycles. The number of carbonyl (C=O) groups is 1. The van der Waals surface area contributed by atoms with Crippen molar-refractivity contribution in [1.82, 2.24) is 5.32 Å². The van der Waals surface area contributed by atoms with Gasteiger partial charge in [-0.25, -0.2) is 4.79 Å². The maximum Gasteiger partial charge on any atom is 0.337 e. The van der Waals surface area contributed by atoms with Crippen molar-refractivity contribution in [3.8, 4) is 5.75 Å². The summed E-state index contributed by atoms with van der Waals surface area (Å²) < 4.78 is 10.1. The molecule has 1 atom stereocenters. The predicted molar refractivity (Wildman–Crippen MR) is 73.1 cm³/mol. The molecule has 0 fully saturated rings. The molecule has 6 heteroatoms. The van der Waals surface area contributed by atoms with Crippen molar-refractivity contribution in [3.05, 3.63) is 40.2 Å². The summed E-state index contributed by atoms with van der Waals surface area (Å²) in [5.41, 5.74) is -0.133. The van der Waals surface area contributed by atoms with E-state index in [1.54, 1.807) is 25.1 Å². The third kappa shape index (κ3) is 2.97. The molecular weight excluding hydrogens is 262 g/mol. The maximum absolute atomic E-state index is 12.0. The van der Waals surface area contributed by atoms with E-state index in [1.807, 2.05) is 0 Å². The van der Waals surface area contributed by atoms with Crippen LogP contribution in [0.25, 0.3) is 11.0 Å². The molecule has 0 saturated carbocycles. The number of amides is 1. The van der Waals surface area contributed by atoms with Crippen LogP contribution in [-0.4, -0.2) is 30.8 Å². The fraction of sp³-hybridized carbons (Fsp3) is 0.286. The first kappa shape index (κ1) is 14.1. The van der Waals surface area contributed by atoms with Gasteiger partial charge in [-0.3, -0.25) is 4.79 Å². The summed E-state index contributed by atoms with van der Waals surface area (Å²) >= 11 is 0. The van der Waals surface area contributed by atoms with E-state index in [0.29, 0.717) is 11.1 Å². The highest BCUT2D eigenvalue weighted by atomic mass is 16.5. The van der Waals surface area contributed by atoms with Crippen LogP contribution in [0.15, 0.2) is 33.5 Å². The van der Waals surface area contributed by atoms with Crippen LogP contribution in [0.2, 0.25) is 0 Å². The first-order valence-electron chi connectivity index (χ1n) is 6.09. The predicted octanol–water partition coefficient (Wildman–Crippen LogP) is 0.912. The van der Waals surface area contributed by atoms with Gasteiger partial charge >= 0.3 is 5.63 Å². The molecule has 1 amide bonds. The van der Waals surface area contributed by atoms with Gasteiger partial charge in [-0.15, -0.1) is 0 Å². The van der Waals surface area contributed by atoms with Gasteiger partial charge in [-0.1, -0.05) is 0 Å². The summed E-state index contributed by atoms with van der Waals surface area (Å²) in [4.78, 5) is 23.5. The fourth-order valence-corrected chi connectivity index (χ4v) is 1.79. The molecule has 0 radical (unpaired) electrons. The van der Waals surface area contributed by atoms with Gasteiger partial charge in [-0.2, -0.15) is 0 Å². The minimum Gasteiger partial charge on any atom is -0.497 e. The molecule has 0 aliphatic carbocycles. The third-order valence-corrected chi connectivity index (χ3v) is 2.75. The number of aliphatic hydroxyl groups is 1. The van der Waals surface area contributed by atoms with Crippen molar-refractivity contribution in [1.29, 1.82) is 0 Å². The first-order valence-corrected chi connectivity index (χ1v) is 6.09. The molecule has 2 N–H and O–H groups in total. The number of hydrogen-bond donors (Lipinski definition) is 2. The monoisotopic (exact) mass is 277 g/mol. The first-order chi connectivity index (χ1) is 9.51. The molecule has 2 aromatic rings. The van der Waals surface area contributed by atoms with E-state index in [-0.39, 0.29) is 17.7 Å². The van der Waals surface area contributed by atoms with E-state index < -0.39 is 17.6 Å². The van der Waals surface area contributed by atoms with Gasteiger partial charge in [0.2, 0.25) is 0 Å². The Balaban J connectivity index is 2.47. The van der Waals surface area contributed by atoms with Crippen LogP contribution in [0, 0.1) is 0 Å². The summed E-state index contributed by atoms with van der Waals surface area (Å²) in [5, 5.41) is 12.2. The molecule has 0 saturated heterocycles. The number of rotatable bonds is 4. The van der Waals surface area contributed by atoms with E-state index in [0.717, 1.165) is 6.07 Å². The maximum atomic E-state index is 12.0. The molecule has 0 spiro atoms. The Morgan fingerprint density at radius 1 is 1.45 bits per heavy atom. The molecule has 1 unspecified atom stereocenters. The van der Waals surface area contributed by atoms with Gasteiger partial charge in [0.05, 0.1) is 18.8 Å². The van der Waals surface area contributed by atoms with Crippen molar-refractivity contribution in [2.24, 2.45) is 0 Å². The van der Waals surface area contributed by atoms with Crippen LogP contribution in [0.5, 0.6) is 5.75 Å². The second-order valence-electron chi connectivity index (χ2n) is 4.40. The molecule has 106 valence electrons. The van der Waals surface area contributed by atoms with Gasteiger partial charge in [0.15, 0.2) is 0 Å². The normalized spacial score (nSPS) is 12.2. The number of nitrogens with one attached hydrogen (secondary N) is 1. The van der Waals surface area contributed by atoms with Gasteiger partial charge in [0.1, 0.15) is 11.3 Å². The Morgan fingerprint density at radius 2 is 2.20 bits per heavy atom. The molecule has 20 heavy (non-hydrogen) atoms. The molecule has 1 aromatic carbocycles. The molecule has 0 aliphatic heterocycles. The highest BCUT2D eigenvalue weighted by molar-refractivity contribution is 6.05. The zero-order valence-electron chi connectivity index (χ0n) is 11.2. The number of benzene rings is 1. The van der Waals surface area contributed by atoms with Crippen LogP contribution in [-0.2, 0) is 0 Å². The zero-order chi connectivity index (χ0) is 14.7. The Bertz CT molecular complexity index is 690. The second-order valence-corrected chi connectivity index (χ2v) is 4.40. The minimum atomic E-state index is -0.662. The molecule has 0 bridgehead atoms. The summed E-state index contributed by atoms with van der Waals surface area (Å²) in [6, 6.07) is 6.00. The Morgan fingerprint density at radius 3 is 2.85 bits per heavy atom. The van der Waals surface area contributed by atoms with Gasteiger partial charge < -0.3 is 19.6 Å². The van der Waals surface area contributed by atoms with Crippen LogP contribution in [0.4, 0.5) is 0 Å². The molecule has 0 aliphatic rings. The van der Waals surface area contributed by atoms with Gasteiger partial charge in [0, 0.05) is 24.1 Å². The average molecular weight is 277 g/mol. The number of fused-ring (bicyclic) bond motifs is 1. The Kier molecular flexibility index (Phi) is 4.05. The topological polar surface area (TPSA) is 88.8 Å². The van der Waals surface area contributed by atoms with E-state index in [2.05, 4.69) is 5.32 Å². The Hall–Kier alpha value is -2.34. The van der Waals surface area contributed by atoms with E-state index >= 15 is 0 Å². The standard InChI is InChI=1S/C14H15NO5/c1-8(16)7-15-14(18)11-6-13(17)20-12-5-9(19-2)3-4-10(11)12/h3-6,8,16H,7H2,1-2H3,(H,15,18). The van der Waals surface area contributed by atoms with E-state index in [1.165, 1.54) is 7.11 Å². The highest BCUT2D eigenvalue weighted by Gasteiger charge is 2.14. The van der Waals surface area contributed by atoms with Crippen LogP contribution < -0.4 is 15.7 Å².